The number of nitrogens with zero attached hydrogens (tertiary/aromatic N) is 1. The zero-order valence-electron chi connectivity index (χ0n) is 11.4. The zero-order chi connectivity index (χ0) is 14.8. The van der Waals surface area contributed by atoms with Crippen molar-refractivity contribution in [2.45, 2.75) is 6.54 Å². The first-order chi connectivity index (χ1) is 10.1. The Morgan fingerprint density at radius 2 is 2.05 bits per heavy atom. The molecule has 21 heavy (non-hydrogen) atoms. The second-order valence-electron chi connectivity index (χ2n) is 4.90. The summed E-state index contributed by atoms with van der Waals surface area (Å²) >= 11 is 8.66. The third-order valence-corrected chi connectivity index (χ3v) is 4.23. The van der Waals surface area contributed by atoms with Gasteiger partial charge in [-0.15, -0.1) is 0 Å². The maximum Gasteiger partial charge on any atom is 0.124 e. The van der Waals surface area contributed by atoms with Crippen molar-refractivity contribution in [3.63, 3.8) is 0 Å². The van der Waals surface area contributed by atoms with Crippen LogP contribution in [0.3, 0.4) is 0 Å². The molecule has 0 unspecified atom stereocenters. The molecule has 0 fully saturated rings. The number of halogens is 1. The van der Waals surface area contributed by atoms with Crippen LogP contribution in [0.25, 0.3) is 0 Å². The Bertz CT molecular complexity index is 690. The van der Waals surface area contributed by atoms with Gasteiger partial charge in [0.05, 0.1) is 6.54 Å². The van der Waals surface area contributed by atoms with Gasteiger partial charge in [0.1, 0.15) is 17.3 Å². The Morgan fingerprint density at radius 3 is 2.86 bits per heavy atom. The molecule has 2 aromatic rings. The van der Waals surface area contributed by atoms with E-state index < -0.39 is 0 Å². The molecule has 1 aliphatic heterocycles. The van der Waals surface area contributed by atoms with E-state index in [-0.39, 0.29) is 0 Å². The molecule has 2 aromatic carbocycles. The zero-order valence-corrected chi connectivity index (χ0v) is 13.8. The van der Waals surface area contributed by atoms with Gasteiger partial charge in [-0.1, -0.05) is 46.3 Å². The van der Waals surface area contributed by atoms with E-state index in [1.807, 2.05) is 36.4 Å². The molecule has 3 rings (SSSR count). The number of ether oxygens (including phenoxy) is 1. The summed E-state index contributed by atoms with van der Waals surface area (Å²) in [6.07, 6.45) is 0. The van der Waals surface area contributed by atoms with Crippen LogP contribution in [0.1, 0.15) is 11.1 Å². The van der Waals surface area contributed by atoms with Crippen LogP contribution in [-0.2, 0) is 6.54 Å². The van der Waals surface area contributed by atoms with Gasteiger partial charge in [0.15, 0.2) is 0 Å². The van der Waals surface area contributed by atoms with Crippen molar-refractivity contribution in [2.24, 2.45) is 5.73 Å². The molecule has 3 nitrogen and oxygen atoms in total. The number of hydrogen-bond donors (Lipinski definition) is 1. The smallest absolute Gasteiger partial charge is 0.124 e. The molecule has 1 heterocycles. The van der Waals surface area contributed by atoms with Crippen LogP contribution in [0.4, 0.5) is 5.69 Å². The average molecular weight is 363 g/mol. The highest BCUT2D eigenvalue weighted by atomic mass is 79.9. The van der Waals surface area contributed by atoms with Crippen molar-refractivity contribution < 1.29 is 4.74 Å². The lowest BCUT2D eigenvalue weighted by Crippen LogP contribution is -2.28. The first kappa shape index (κ1) is 14.4. The molecular weight excluding hydrogens is 348 g/mol. The molecule has 108 valence electrons. The fourth-order valence-electron chi connectivity index (χ4n) is 2.51. The topological polar surface area (TPSA) is 38.5 Å². The minimum Gasteiger partial charge on any atom is -0.491 e. The van der Waals surface area contributed by atoms with Crippen molar-refractivity contribution in [3.05, 3.63) is 58.1 Å². The summed E-state index contributed by atoms with van der Waals surface area (Å²) in [6, 6.07) is 14.1. The minimum atomic E-state index is 0.407. The predicted molar refractivity (Wildman–Crippen MR) is 93.0 cm³/mol. The van der Waals surface area contributed by atoms with Gasteiger partial charge in [-0.25, -0.2) is 0 Å². The van der Waals surface area contributed by atoms with E-state index in [1.165, 1.54) is 5.56 Å². The largest absolute Gasteiger partial charge is 0.491 e. The highest BCUT2D eigenvalue weighted by Gasteiger charge is 2.18. The molecule has 1 aliphatic rings. The summed E-state index contributed by atoms with van der Waals surface area (Å²) in [5.41, 5.74) is 8.98. The Kier molecular flexibility index (Phi) is 4.12. The number of para-hydroxylation sites is 1. The SMILES string of the molecule is NC(=S)c1cc(Br)ccc1N1CCOc2ccccc2C1. The van der Waals surface area contributed by atoms with Gasteiger partial charge in [0, 0.05) is 27.8 Å². The van der Waals surface area contributed by atoms with Crippen LogP contribution < -0.4 is 15.4 Å². The molecule has 0 bridgehead atoms. The van der Waals surface area contributed by atoms with E-state index in [1.54, 1.807) is 0 Å². The lowest BCUT2D eigenvalue weighted by molar-refractivity contribution is 0.331. The predicted octanol–water partition coefficient (Wildman–Crippen LogP) is 3.48. The van der Waals surface area contributed by atoms with Gasteiger partial charge in [-0.05, 0) is 24.3 Å². The van der Waals surface area contributed by atoms with Gasteiger partial charge in [0.25, 0.3) is 0 Å². The van der Waals surface area contributed by atoms with Crippen LogP contribution in [0.15, 0.2) is 46.9 Å². The number of fused-ring (bicyclic) bond motifs is 1. The van der Waals surface area contributed by atoms with E-state index >= 15 is 0 Å². The van der Waals surface area contributed by atoms with E-state index in [4.69, 9.17) is 22.7 Å². The summed E-state index contributed by atoms with van der Waals surface area (Å²) in [5.74, 6) is 0.953. The highest BCUT2D eigenvalue weighted by molar-refractivity contribution is 9.10. The Morgan fingerprint density at radius 1 is 1.24 bits per heavy atom. The number of nitrogens with two attached hydrogens (primary N) is 1. The molecule has 0 aliphatic carbocycles. The molecular formula is C16H15BrN2OS. The monoisotopic (exact) mass is 362 g/mol. The van der Waals surface area contributed by atoms with Gasteiger partial charge >= 0.3 is 0 Å². The second-order valence-corrected chi connectivity index (χ2v) is 6.26. The molecule has 0 saturated carbocycles. The molecule has 0 saturated heterocycles. The number of benzene rings is 2. The summed E-state index contributed by atoms with van der Waals surface area (Å²) in [5, 5.41) is 0. The number of hydrogen-bond acceptors (Lipinski definition) is 3. The number of anilines is 1. The minimum absolute atomic E-state index is 0.407. The summed E-state index contributed by atoms with van der Waals surface area (Å²) in [4.78, 5) is 2.66. The van der Waals surface area contributed by atoms with E-state index in [2.05, 4.69) is 26.9 Å². The lowest BCUT2D eigenvalue weighted by Gasteiger charge is -2.25. The van der Waals surface area contributed by atoms with Gasteiger partial charge in [0.2, 0.25) is 0 Å². The summed E-state index contributed by atoms with van der Waals surface area (Å²) in [6.45, 7) is 2.23. The van der Waals surface area contributed by atoms with E-state index in [9.17, 15) is 0 Å². The lowest BCUT2D eigenvalue weighted by atomic mass is 10.1. The molecule has 2 N–H and O–H groups in total. The van der Waals surface area contributed by atoms with Gasteiger partial charge in [-0.3, -0.25) is 0 Å². The van der Waals surface area contributed by atoms with Crippen LogP contribution in [0.2, 0.25) is 0 Å². The molecule has 0 radical (unpaired) electrons. The summed E-state index contributed by atoms with van der Waals surface area (Å²) in [7, 11) is 0. The van der Waals surface area contributed by atoms with Crippen LogP contribution >= 0.6 is 28.1 Å². The highest BCUT2D eigenvalue weighted by Crippen LogP contribution is 2.29. The Hall–Kier alpha value is -1.59. The van der Waals surface area contributed by atoms with Crippen LogP contribution in [0, 0.1) is 0 Å². The maximum absolute atomic E-state index is 5.88. The van der Waals surface area contributed by atoms with Gasteiger partial charge < -0.3 is 15.4 Å². The average Bonchev–Trinajstić information content (AvgIpc) is 2.69. The fourth-order valence-corrected chi connectivity index (χ4v) is 3.04. The Balaban J connectivity index is 2.00. The number of rotatable bonds is 2. The maximum atomic E-state index is 5.88. The Labute approximate surface area is 137 Å². The van der Waals surface area contributed by atoms with Crippen LogP contribution in [-0.4, -0.2) is 18.1 Å². The molecule has 0 amide bonds. The van der Waals surface area contributed by atoms with Crippen molar-refractivity contribution in [3.8, 4) is 5.75 Å². The van der Waals surface area contributed by atoms with Crippen molar-refractivity contribution in [2.75, 3.05) is 18.1 Å². The van der Waals surface area contributed by atoms with Crippen molar-refractivity contribution in [1.29, 1.82) is 0 Å². The third kappa shape index (κ3) is 3.04. The molecule has 5 heteroatoms. The second kappa shape index (κ2) is 6.03. The van der Waals surface area contributed by atoms with E-state index in [0.29, 0.717) is 11.6 Å². The third-order valence-electron chi connectivity index (χ3n) is 3.52. The van der Waals surface area contributed by atoms with Crippen LogP contribution in [0.5, 0.6) is 5.75 Å². The fraction of sp³-hybridized carbons (Fsp3) is 0.188. The van der Waals surface area contributed by atoms with E-state index in [0.717, 1.165) is 34.6 Å². The summed E-state index contributed by atoms with van der Waals surface area (Å²) < 4.78 is 6.78. The first-order valence-electron chi connectivity index (χ1n) is 6.70. The molecule has 0 aromatic heterocycles. The quantitative estimate of drug-likeness (QED) is 0.830. The molecule has 0 atom stereocenters. The van der Waals surface area contributed by atoms with Gasteiger partial charge in [-0.2, -0.15) is 0 Å². The van der Waals surface area contributed by atoms with Crippen molar-refractivity contribution in [1.82, 2.24) is 0 Å². The standard InChI is InChI=1S/C16H15BrN2OS/c17-12-5-6-14(13(9-12)16(18)21)19-7-8-20-15-4-2-1-3-11(15)10-19/h1-6,9H,7-8,10H2,(H2,18,21). The first-order valence-corrected chi connectivity index (χ1v) is 7.90. The number of thiocarbonyl (C=S) groups is 1. The molecule has 0 spiro atoms. The normalized spacial score (nSPS) is 14.0. The van der Waals surface area contributed by atoms with Crippen molar-refractivity contribution >= 4 is 38.8 Å².